The van der Waals surface area contributed by atoms with Crippen LogP contribution in [-0.4, -0.2) is 52.0 Å². The molecule has 1 unspecified atom stereocenters. The van der Waals surface area contributed by atoms with E-state index in [0.29, 0.717) is 42.0 Å². The summed E-state index contributed by atoms with van der Waals surface area (Å²) in [5.41, 5.74) is 1.13. The Bertz CT molecular complexity index is 979. The summed E-state index contributed by atoms with van der Waals surface area (Å²) < 4.78 is 15.6. The molecule has 0 saturated carbocycles. The Labute approximate surface area is 183 Å². The third-order valence-electron chi connectivity index (χ3n) is 6.57. The molecule has 2 N–H and O–H groups in total. The molecule has 2 fully saturated rings. The Morgan fingerprint density at radius 3 is 2.48 bits per heavy atom. The summed E-state index contributed by atoms with van der Waals surface area (Å²) in [6.07, 6.45) is 5.97. The predicted molar refractivity (Wildman–Crippen MR) is 119 cm³/mol. The van der Waals surface area contributed by atoms with Crippen LogP contribution in [0.15, 0.2) is 24.4 Å². The second-order valence-electron chi connectivity index (χ2n) is 10.2. The molecule has 1 aromatic carbocycles. The van der Waals surface area contributed by atoms with Crippen LogP contribution in [0.25, 0.3) is 10.9 Å². The molecule has 31 heavy (non-hydrogen) atoms. The smallest absolute Gasteiger partial charge is 0.253 e. The second-order valence-corrected chi connectivity index (χ2v) is 10.2. The van der Waals surface area contributed by atoms with Crippen molar-refractivity contribution in [1.29, 1.82) is 0 Å². The molecule has 2 saturated heterocycles. The van der Waals surface area contributed by atoms with Gasteiger partial charge in [0.1, 0.15) is 5.82 Å². The van der Waals surface area contributed by atoms with Crippen molar-refractivity contribution in [1.82, 2.24) is 20.1 Å². The molecule has 0 aliphatic carbocycles. The number of aromatic nitrogens is 1. The summed E-state index contributed by atoms with van der Waals surface area (Å²) in [5.74, 6) is -0.0165. The van der Waals surface area contributed by atoms with E-state index in [4.69, 9.17) is 0 Å². The Morgan fingerprint density at radius 2 is 1.84 bits per heavy atom. The van der Waals surface area contributed by atoms with Crippen molar-refractivity contribution in [2.24, 2.45) is 13.0 Å². The number of piperidine rings is 1. The maximum absolute atomic E-state index is 13.7. The fraction of sp³-hybridized carbons (Fsp3) is 0.583. The van der Waals surface area contributed by atoms with Crippen molar-refractivity contribution in [2.75, 3.05) is 13.1 Å². The zero-order valence-electron chi connectivity index (χ0n) is 18.9. The van der Waals surface area contributed by atoms with Gasteiger partial charge in [0, 0.05) is 48.3 Å². The van der Waals surface area contributed by atoms with E-state index in [9.17, 15) is 14.0 Å². The van der Waals surface area contributed by atoms with Gasteiger partial charge in [-0.05, 0) is 70.6 Å². The minimum atomic E-state index is -0.341. The lowest BCUT2D eigenvalue weighted by Crippen LogP contribution is -2.52. The van der Waals surface area contributed by atoms with E-state index in [1.807, 2.05) is 32.4 Å². The summed E-state index contributed by atoms with van der Waals surface area (Å²) in [5, 5.41) is 6.77. The average Bonchev–Trinajstić information content (AvgIpc) is 3.10. The van der Waals surface area contributed by atoms with Crippen LogP contribution in [0.5, 0.6) is 0 Å². The molecular formula is C24H33FN4O2. The van der Waals surface area contributed by atoms with Gasteiger partial charge >= 0.3 is 0 Å². The molecule has 0 spiro atoms. The van der Waals surface area contributed by atoms with Crippen LogP contribution in [-0.2, 0) is 11.8 Å². The highest BCUT2D eigenvalue weighted by Gasteiger charge is 2.41. The fourth-order valence-electron chi connectivity index (χ4n) is 5.31. The number of hydrogen-bond acceptors (Lipinski definition) is 3. The molecule has 0 radical (unpaired) electrons. The van der Waals surface area contributed by atoms with Gasteiger partial charge in [0.15, 0.2) is 0 Å². The van der Waals surface area contributed by atoms with Gasteiger partial charge in [0.2, 0.25) is 5.91 Å². The minimum absolute atomic E-state index is 0.0827. The maximum Gasteiger partial charge on any atom is 0.253 e. The van der Waals surface area contributed by atoms with Gasteiger partial charge in [-0.15, -0.1) is 0 Å². The second kappa shape index (κ2) is 8.26. The van der Waals surface area contributed by atoms with Gasteiger partial charge in [-0.2, -0.15) is 0 Å². The Morgan fingerprint density at radius 1 is 1.16 bits per heavy atom. The van der Waals surface area contributed by atoms with E-state index in [-0.39, 0.29) is 23.2 Å². The van der Waals surface area contributed by atoms with E-state index in [0.717, 1.165) is 31.2 Å². The molecule has 1 aromatic heterocycles. The fourth-order valence-corrected chi connectivity index (χ4v) is 5.31. The highest BCUT2D eigenvalue weighted by atomic mass is 19.1. The van der Waals surface area contributed by atoms with Crippen molar-refractivity contribution in [3.8, 4) is 0 Å². The summed E-state index contributed by atoms with van der Waals surface area (Å²) in [7, 11) is 1.86. The first kappa shape index (κ1) is 21.8. The number of nitrogens with zero attached hydrogens (tertiary/aromatic N) is 2. The van der Waals surface area contributed by atoms with E-state index >= 15 is 0 Å². The highest BCUT2D eigenvalue weighted by molar-refractivity contribution is 6.07. The van der Waals surface area contributed by atoms with Gasteiger partial charge in [0.05, 0.1) is 12.1 Å². The molecule has 2 aliphatic heterocycles. The van der Waals surface area contributed by atoms with Crippen LogP contribution in [0, 0.1) is 11.7 Å². The molecule has 2 aliphatic rings. The topological polar surface area (TPSA) is 66.4 Å². The van der Waals surface area contributed by atoms with E-state index in [2.05, 4.69) is 15.5 Å². The molecule has 3 heterocycles. The number of carbonyl (C=O) groups is 2. The van der Waals surface area contributed by atoms with E-state index < -0.39 is 0 Å². The predicted octanol–water partition coefficient (Wildman–Crippen LogP) is 3.20. The number of aryl methyl sites for hydroxylation is 1. The first-order valence-electron chi connectivity index (χ1n) is 11.2. The number of fused-ring (bicyclic) bond motifs is 3. The van der Waals surface area contributed by atoms with Gasteiger partial charge in [0.25, 0.3) is 5.91 Å². The Kier molecular flexibility index (Phi) is 5.81. The molecule has 2 bridgehead atoms. The summed E-state index contributed by atoms with van der Waals surface area (Å²) in [6.45, 7) is 7.06. The molecule has 3 atom stereocenters. The third-order valence-corrected chi connectivity index (χ3v) is 6.57. The molecule has 6 nitrogen and oxygen atoms in total. The van der Waals surface area contributed by atoms with Gasteiger partial charge in [-0.3, -0.25) is 14.5 Å². The van der Waals surface area contributed by atoms with Crippen molar-refractivity contribution >= 4 is 22.7 Å². The number of benzene rings is 1. The van der Waals surface area contributed by atoms with Crippen molar-refractivity contribution < 1.29 is 14.0 Å². The average molecular weight is 429 g/mol. The van der Waals surface area contributed by atoms with Crippen LogP contribution in [0.1, 0.15) is 56.8 Å². The number of amides is 2. The minimum Gasteiger partial charge on any atom is -0.352 e. The standard InChI is InChI=1S/C24H33FN4O2/c1-24(2,3)27-22(30)14-29-17-6-7-18(29)10-15(9-17)12-26-23(31)20-13-28(4)21-8-5-16(25)11-19(20)21/h5,8,11,13,15,17-18H,6-7,9-10,12,14H2,1-4H3,(H,26,31)(H,27,30)/t15?,17-,18+. The first-order valence-corrected chi connectivity index (χ1v) is 11.2. The van der Waals surface area contributed by atoms with Crippen molar-refractivity contribution in [3.05, 3.63) is 35.8 Å². The number of carbonyl (C=O) groups excluding carboxylic acids is 2. The number of nitrogens with one attached hydrogen (secondary N) is 2. The van der Waals surface area contributed by atoms with Gasteiger partial charge in [-0.1, -0.05) is 0 Å². The van der Waals surface area contributed by atoms with Crippen LogP contribution in [0.3, 0.4) is 0 Å². The molecular weight excluding hydrogens is 395 g/mol. The Hall–Kier alpha value is -2.41. The lowest BCUT2D eigenvalue weighted by molar-refractivity contribution is -0.125. The van der Waals surface area contributed by atoms with Crippen LogP contribution in [0.4, 0.5) is 4.39 Å². The van der Waals surface area contributed by atoms with Gasteiger partial charge < -0.3 is 15.2 Å². The summed E-state index contributed by atoms with van der Waals surface area (Å²) in [4.78, 5) is 27.6. The zero-order chi connectivity index (χ0) is 22.3. The normalized spacial score (nSPS) is 23.8. The molecule has 2 aromatic rings. The summed E-state index contributed by atoms with van der Waals surface area (Å²) in [6, 6.07) is 5.34. The van der Waals surface area contributed by atoms with Crippen LogP contribution in [0.2, 0.25) is 0 Å². The molecule has 7 heteroatoms. The van der Waals surface area contributed by atoms with Crippen molar-refractivity contribution in [2.45, 2.75) is 64.1 Å². The molecule has 4 rings (SSSR count). The lowest BCUT2D eigenvalue weighted by Gasteiger charge is -2.39. The number of halogens is 1. The first-order chi connectivity index (χ1) is 14.6. The zero-order valence-corrected chi connectivity index (χ0v) is 18.9. The number of rotatable bonds is 5. The van der Waals surface area contributed by atoms with Gasteiger partial charge in [-0.25, -0.2) is 4.39 Å². The maximum atomic E-state index is 13.7. The molecule has 2 amide bonds. The molecule has 168 valence electrons. The Balaban J connectivity index is 1.35. The van der Waals surface area contributed by atoms with E-state index in [1.165, 1.54) is 12.1 Å². The highest BCUT2D eigenvalue weighted by Crippen LogP contribution is 2.38. The van der Waals surface area contributed by atoms with Crippen LogP contribution >= 0.6 is 0 Å². The largest absolute Gasteiger partial charge is 0.352 e. The third kappa shape index (κ3) is 4.76. The lowest BCUT2D eigenvalue weighted by atomic mass is 9.90. The monoisotopic (exact) mass is 428 g/mol. The van der Waals surface area contributed by atoms with Crippen LogP contribution < -0.4 is 10.6 Å². The quantitative estimate of drug-likeness (QED) is 0.769. The summed E-state index contributed by atoms with van der Waals surface area (Å²) >= 11 is 0. The van der Waals surface area contributed by atoms with Crippen molar-refractivity contribution in [3.63, 3.8) is 0 Å². The number of hydrogen-bond donors (Lipinski definition) is 2. The SMILES string of the molecule is Cn1cc(C(=O)NCC2C[C@H]3CC[C@@H](C2)N3CC(=O)NC(C)(C)C)c2cc(F)ccc21. The van der Waals surface area contributed by atoms with E-state index in [1.54, 1.807) is 12.3 Å².